The molecule has 166 valence electrons. The van der Waals surface area contributed by atoms with E-state index in [2.05, 4.69) is 10.4 Å². The first-order valence-corrected chi connectivity index (χ1v) is 12.3. The van der Waals surface area contributed by atoms with Crippen LogP contribution < -0.4 is 5.32 Å². The summed E-state index contributed by atoms with van der Waals surface area (Å²) in [7, 11) is -0.641. The van der Waals surface area contributed by atoms with Crippen LogP contribution in [0.2, 0.25) is 0 Å². The smallest absolute Gasteiger partial charge is 0.265 e. The normalized spacial score (nSPS) is 11.9. The van der Waals surface area contributed by atoms with Gasteiger partial charge < -0.3 is 5.32 Å². The molecule has 0 atom stereocenters. The molecule has 0 saturated carbocycles. The second-order valence-electron chi connectivity index (χ2n) is 7.78. The van der Waals surface area contributed by atoms with E-state index in [0.29, 0.717) is 22.7 Å². The Morgan fingerprint density at radius 2 is 1.81 bits per heavy atom. The first-order chi connectivity index (χ1) is 15.2. The molecule has 0 fully saturated rings. The van der Waals surface area contributed by atoms with E-state index in [1.165, 1.54) is 31.5 Å². The third-order valence-electron chi connectivity index (χ3n) is 5.21. The third-order valence-corrected chi connectivity index (χ3v) is 8.32. The van der Waals surface area contributed by atoms with Crippen LogP contribution in [0.4, 0.5) is 5.69 Å². The fourth-order valence-corrected chi connectivity index (χ4v) is 5.63. The second kappa shape index (κ2) is 8.50. The van der Waals surface area contributed by atoms with Gasteiger partial charge in [-0.2, -0.15) is 5.10 Å². The summed E-state index contributed by atoms with van der Waals surface area (Å²) in [5.41, 5.74) is 3.04. The van der Waals surface area contributed by atoms with Crippen molar-refractivity contribution < 1.29 is 13.2 Å². The van der Waals surface area contributed by atoms with Crippen molar-refractivity contribution in [3.8, 4) is 0 Å². The number of nitrogens with zero attached hydrogens (tertiary/aromatic N) is 3. The second-order valence-corrected chi connectivity index (χ2v) is 10.9. The van der Waals surface area contributed by atoms with Crippen LogP contribution in [-0.2, 0) is 16.6 Å². The summed E-state index contributed by atoms with van der Waals surface area (Å²) in [6.45, 7) is 4.28. The monoisotopic (exact) mass is 468 g/mol. The molecule has 4 aromatic rings. The summed E-state index contributed by atoms with van der Waals surface area (Å²) in [5, 5.41) is 8.39. The summed E-state index contributed by atoms with van der Waals surface area (Å²) in [6.07, 6.45) is 0. The number of fused-ring (bicyclic) bond motifs is 1. The molecule has 0 aliphatic carbocycles. The number of nitrogens with one attached hydrogen (secondary N) is 1. The molecule has 0 radical (unpaired) electrons. The first kappa shape index (κ1) is 22.2. The van der Waals surface area contributed by atoms with Gasteiger partial charge in [-0.25, -0.2) is 12.7 Å². The molecular formula is C23H24N4O3S2. The zero-order valence-corrected chi connectivity index (χ0v) is 19.9. The van der Waals surface area contributed by atoms with Crippen LogP contribution in [0.15, 0.2) is 59.5 Å². The van der Waals surface area contributed by atoms with E-state index in [1.807, 2.05) is 48.0 Å². The number of anilines is 1. The topological polar surface area (TPSA) is 84.3 Å². The van der Waals surface area contributed by atoms with Gasteiger partial charge in [0.25, 0.3) is 5.91 Å². The molecule has 2 heterocycles. The molecule has 0 spiro atoms. The van der Waals surface area contributed by atoms with Gasteiger partial charge in [-0.1, -0.05) is 36.4 Å². The average molecular weight is 469 g/mol. The maximum Gasteiger partial charge on any atom is 0.265 e. The molecule has 7 nitrogen and oxygen atoms in total. The van der Waals surface area contributed by atoms with Gasteiger partial charge in [-0.15, -0.1) is 11.3 Å². The van der Waals surface area contributed by atoms with Crippen LogP contribution in [0.5, 0.6) is 0 Å². The predicted molar refractivity (Wildman–Crippen MR) is 128 cm³/mol. The van der Waals surface area contributed by atoms with E-state index in [4.69, 9.17) is 0 Å². The van der Waals surface area contributed by atoms with Crippen LogP contribution in [-0.4, -0.2) is 42.5 Å². The number of amides is 1. The van der Waals surface area contributed by atoms with Crippen LogP contribution in [0, 0.1) is 13.8 Å². The van der Waals surface area contributed by atoms with Gasteiger partial charge in [0, 0.05) is 25.2 Å². The highest BCUT2D eigenvalue weighted by molar-refractivity contribution is 7.89. The minimum Gasteiger partial charge on any atom is -0.321 e. The number of sulfonamides is 1. The Kier molecular flexibility index (Phi) is 5.89. The highest BCUT2D eigenvalue weighted by Crippen LogP contribution is 2.30. The number of carbonyl (C=O) groups excluding carboxylic acids is 1. The van der Waals surface area contributed by atoms with Crippen LogP contribution in [0.3, 0.4) is 0 Å². The highest BCUT2D eigenvalue weighted by Gasteiger charge is 2.21. The van der Waals surface area contributed by atoms with E-state index >= 15 is 0 Å². The van der Waals surface area contributed by atoms with E-state index in [0.717, 1.165) is 25.8 Å². The zero-order valence-electron chi connectivity index (χ0n) is 18.3. The molecule has 2 aromatic carbocycles. The number of thiophene rings is 1. The van der Waals surface area contributed by atoms with Crippen molar-refractivity contribution in [1.29, 1.82) is 0 Å². The van der Waals surface area contributed by atoms with Gasteiger partial charge in [0.15, 0.2) is 0 Å². The Balaban J connectivity index is 1.62. The first-order valence-electron chi connectivity index (χ1n) is 10.0. The van der Waals surface area contributed by atoms with Crippen LogP contribution in [0.1, 0.15) is 26.5 Å². The number of hydrogen-bond acceptors (Lipinski definition) is 5. The van der Waals surface area contributed by atoms with E-state index in [1.54, 1.807) is 19.1 Å². The van der Waals surface area contributed by atoms with E-state index in [9.17, 15) is 13.2 Å². The van der Waals surface area contributed by atoms with Crippen molar-refractivity contribution in [1.82, 2.24) is 14.1 Å². The SMILES string of the molecule is Cc1ccc(NC(=O)c2cc3c(C)nn(Cc4ccccc4)c3s2)cc1S(=O)(=O)N(C)C. The number of carbonyl (C=O) groups is 1. The maximum atomic E-state index is 13.0. The van der Waals surface area contributed by atoms with Crippen LogP contribution >= 0.6 is 11.3 Å². The molecule has 0 unspecified atom stereocenters. The quantitative estimate of drug-likeness (QED) is 0.458. The van der Waals surface area contributed by atoms with Gasteiger partial charge in [0.05, 0.1) is 22.0 Å². The summed E-state index contributed by atoms with van der Waals surface area (Å²) in [4.78, 5) is 14.6. The van der Waals surface area contributed by atoms with Gasteiger partial charge in [-0.05, 0) is 43.2 Å². The highest BCUT2D eigenvalue weighted by atomic mass is 32.2. The van der Waals surface area contributed by atoms with Crippen molar-refractivity contribution in [2.75, 3.05) is 19.4 Å². The molecule has 4 rings (SSSR count). The molecular weight excluding hydrogens is 444 g/mol. The lowest BCUT2D eigenvalue weighted by Crippen LogP contribution is -2.23. The number of aromatic nitrogens is 2. The third kappa shape index (κ3) is 4.19. The minimum absolute atomic E-state index is 0.172. The average Bonchev–Trinajstić information content (AvgIpc) is 3.31. The Labute approximate surface area is 191 Å². The van der Waals surface area contributed by atoms with Gasteiger partial charge >= 0.3 is 0 Å². The minimum atomic E-state index is -3.61. The molecule has 1 N–H and O–H groups in total. The fraction of sp³-hybridized carbons (Fsp3) is 0.217. The molecule has 0 saturated heterocycles. The molecule has 32 heavy (non-hydrogen) atoms. The van der Waals surface area contributed by atoms with Crippen molar-refractivity contribution in [3.05, 3.63) is 76.3 Å². The molecule has 0 bridgehead atoms. The molecule has 0 aliphatic rings. The Morgan fingerprint density at radius 3 is 2.50 bits per heavy atom. The van der Waals surface area contributed by atoms with Crippen molar-refractivity contribution in [2.24, 2.45) is 0 Å². The lowest BCUT2D eigenvalue weighted by Gasteiger charge is -2.15. The fourth-order valence-electron chi connectivity index (χ4n) is 3.43. The summed E-state index contributed by atoms with van der Waals surface area (Å²) < 4.78 is 28.2. The summed E-state index contributed by atoms with van der Waals surface area (Å²) in [5.74, 6) is -0.283. The number of benzene rings is 2. The van der Waals surface area contributed by atoms with Crippen molar-refractivity contribution in [2.45, 2.75) is 25.3 Å². The van der Waals surface area contributed by atoms with E-state index in [-0.39, 0.29) is 10.8 Å². The zero-order chi connectivity index (χ0) is 23.0. The Hall–Kier alpha value is -3.01. The largest absolute Gasteiger partial charge is 0.321 e. The van der Waals surface area contributed by atoms with E-state index < -0.39 is 10.0 Å². The van der Waals surface area contributed by atoms with Crippen molar-refractivity contribution in [3.63, 3.8) is 0 Å². The number of hydrogen-bond donors (Lipinski definition) is 1. The predicted octanol–water partition coefficient (Wildman–Crippen LogP) is 4.27. The van der Waals surface area contributed by atoms with Gasteiger partial charge in [0.1, 0.15) is 4.83 Å². The Bertz CT molecular complexity index is 1400. The molecule has 0 aliphatic heterocycles. The lowest BCUT2D eigenvalue weighted by molar-refractivity contribution is 0.103. The number of rotatable bonds is 6. The van der Waals surface area contributed by atoms with Crippen molar-refractivity contribution >= 4 is 43.2 Å². The molecule has 2 aromatic heterocycles. The summed E-state index contributed by atoms with van der Waals surface area (Å²) >= 11 is 1.37. The maximum absolute atomic E-state index is 13.0. The van der Waals surface area contributed by atoms with Gasteiger partial charge in [0.2, 0.25) is 10.0 Å². The Morgan fingerprint density at radius 1 is 1.09 bits per heavy atom. The lowest BCUT2D eigenvalue weighted by atomic mass is 10.2. The molecule has 9 heteroatoms. The van der Waals surface area contributed by atoms with Gasteiger partial charge in [-0.3, -0.25) is 9.48 Å². The molecule has 1 amide bonds. The van der Waals surface area contributed by atoms with Crippen LogP contribution in [0.25, 0.3) is 10.2 Å². The number of aryl methyl sites for hydroxylation is 2. The standard InChI is InChI=1S/C23H24N4O3S2/c1-15-10-11-18(12-21(15)32(29,30)26(3)4)24-22(28)20-13-19-16(2)25-27(23(19)31-20)14-17-8-6-5-7-9-17/h5-13H,14H2,1-4H3,(H,24,28). The summed E-state index contributed by atoms with van der Waals surface area (Å²) in [6, 6.07) is 16.8.